The minimum atomic E-state index is -0.129. The molecule has 18 heavy (non-hydrogen) atoms. The Morgan fingerprint density at radius 1 is 1.67 bits per heavy atom. The first-order chi connectivity index (χ1) is 8.61. The Kier molecular flexibility index (Phi) is 3.86. The number of piperidine rings is 1. The van der Waals surface area contributed by atoms with Gasteiger partial charge in [0.25, 0.3) is 5.91 Å². The number of likely N-dealkylation sites (N-methyl/N-ethyl adjacent to an activating group) is 1. The van der Waals surface area contributed by atoms with E-state index in [2.05, 4.69) is 22.2 Å². The molecule has 1 aliphatic heterocycles. The SMILES string of the molecule is CCN1CCCC(NC(=O)c2c(N)cnn2C)C1. The first kappa shape index (κ1) is 12.9. The van der Waals surface area contributed by atoms with Gasteiger partial charge in [-0.25, -0.2) is 0 Å². The second-order valence-electron chi connectivity index (χ2n) is 4.78. The minimum Gasteiger partial charge on any atom is -0.396 e. The molecule has 6 nitrogen and oxygen atoms in total. The van der Waals surface area contributed by atoms with Gasteiger partial charge in [-0.1, -0.05) is 6.92 Å². The van der Waals surface area contributed by atoms with Gasteiger partial charge >= 0.3 is 0 Å². The van der Waals surface area contributed by atoms with Crippen LogP contribution in [0.4, 0.5) is 5.69 Å². The molecule has 0 aliphatic carbocycles. The molecule has 1 aromatic heterocycles. The van der Waals surface area contributed by atoms with Crippen LogP contribution in [0, 0.1) is 0 Å². The van der Waals surface area contributed by atoms with Crippen LogP contribution in [-0.4, -0.2) is 46.3 Å². The topological polar surface area (TPSA) is 76.2 Å². The number of aryl methyl sites for hydroxylation is 1. The molecule has 2 rings (SSSR count). The lowest BCUT2D eigenvalue weighted by atomic mass is 10.1. The fourth-order valence-electron chi connectivity index (χ4n) is 2.45. The van der Waals surface area contributed by atoms with Gasteiger partial charge < -0.3 is 16.0 Å². The van der Waals surface area contributed by atoms with E-state index in [0.29, 0.717) is 11.4 Å². The molecular formula is C12H21N5O. The summed E-state index contributed by atoms with van der Waals surface area (Å²) < 4.78 is 1.52. The van der Waals surface area contributed by atoms with Crippen LogP contribution in [0.2, 0.25) is 0 Å². The molecule has 100 valence electrons. The molecule has 0 spiro atoms. The largest absolute Gasteiger partial charge is 0.396 e. The predicted molar refractivity (Wildman–Crippen MR) is 70.2 cm³/mol. The number of nitrogens with two attached hydrogens (primary N) is 1. The van der Waals surface area contributed by atoms with E-state index >= 15 is 0 Å². The third-order valence-electron chi connectivity index (χ3n) is 3.47. The molecule has 1 atom stereocenters. The van der Waals surface area contributed by atoms with E-state index in [9.17, 15) is 4.79 Å². The van der Waals surface area contributed by atoms with Crippen LogP contribution in [0.1, 0.15) is 30.3 Å². The van der Waals surface area contributed by atoms with E-state index in [1.54, 1.807) is 7.05 Å². The molecule has 1 amide bonds. The van der Waals surface area contributed by atoms with Gasteiger partial charge in [0, 0.05) is 19.6 Å². The van der Waals surface area contributed by atoms with Crippen molar-refractivity contribution in [2.75, 3.05) is 25.4 Å². The second-order valence-corrected chi connectivity index (χ2v) is 4.78. The van der Waals surface area contributed by atoms with Crippen LogP contribution in [0.3, 0.4) is 0 Å². The number of likely N-dealkylation sites (tertiary alicyclic amines) is 1. The van der Waals surface area contributed by atoms with E-state index in [0.717, 1.165) is 32.5 Å². The Morgan fingerprint density at radius 3 is 3.06 bits per heavy atom. The summed E-state index contributed by atoms with van der Waals surface area (Å²) in [7, 11) is 1.73. The van der Waals surface area contributed by atoms with Crippen LogP contribution >= 0.6 is 0 Å². The molecule has 1 aliphatic rings. The molecule has 1 fully saturated rings. The zero-order valence-corrected chi connectivity index (χ0v) is 11.0. The average Bonchev–Trinajstić information content (AvgIpc) is 2.69. The summed E-state index contributed by atoms with van der Waals surface area (Å²) in [5.41, 5.74) is 6.62. The van der Waals surface area contributed by atoms with Crippen LogP contribution < -0.4 is 11.1 Å². The Labute approximate surface area is 107 Å². The summed E-state index contributed by atoms with van der Waals surface area (Å²) in [6.07, 6.45) is 3.66. The molecule has 0 aromatic carbocycles. The van der Waals surface area contributed by atoms with Crippen molar-refractivity contribution >= 4 is 11.6 Å². The maximum Gasteiger partial charge on any atom is 0.271 e. The van der Waals surface area contributed by atoms with Crippen LogP contribution in [0.5, 0.6) is 0 Å². The fraction of sp³-hybridized carbons (Fsp3) is 0.667. The zero-order valence-electron chi connectivity index (χ0n) is 11.0. The number of carbonyl (C=O) groups is 1. The quantitative estimate of drug-likeness (QED) is 0.805. The summed E-state index contributed by atoms with van der Waals surface area (Å²) >= 11 is 0. The highest BCUT2D eigenvalue weighted by molar-refractivity contribution is 5.97. The fourth-order valence-corrected chi connectivity index (χ4v) is 2.45. The maximum atomic E-state index is 12.1. The highest BCUT2D eigenvalue weighted by Gasteiger charge is 2.23. The average molecular weight is 251 g/mol. The Balaban J connectivity index is 1.99. The third kappa shape index (κ3) is 2.64. The molecule has 1 aromatic rings. The van der Waals surface area contributed by atoms with E-state index in [1.165, 1.54) is 10.9 Å². The Bertz CT molecular complexity index is 409. The normalized spacial score (nSPS) is 20.9. The molecule has 3 N–H and O–H groups in total. The summed E-state index contributed by atoms with van der Waals surface area (Å²) in [6, 6.07) is 0.209. The van der Waals surface area contributed by atoms with E-state index in [-0.39, 0.29) is 11.9 Å². The van der Waals surface area contributed by atoms with Crippen molar-refractivity contribution in [1.29, 1.82) is 0 Å². The van der Waals surface area contributed by atoms with Gasteiger partial charge in [0.05, 0.1) is 11.9 Å². The number of hydrogen-bond donors (Lipinski definition) is 2. The lowest BCUT2D eigenvalue weighted by Crippen LogP contribution is -2.47. The van der Waals surface area contributed by atoms with E-state index in [4.69, 9.17) is 5.73 Å². The van der Waals surface area contributed by atoms with Gasteiger partial charge in [0.1, 0.15) is 5.69 Å². The summed E-state index contributed by atoms with van der Waals surface area (Å²) in [5.74, 6) is -0.129. The van der Waals surface area contributed by atoms with Gasteiger partial charge in [-0.15, -0.1) is 0 Å². The van der Waals surface area contributed by atoms with Gasteiger partial charge in [-0.2, -0.15) is 5.10 Å². The van der Waals surface area contributed by atoms with E-state index in [1.807, 2.05) is 0 Å². The molecule has 1 saturated heterocycles. The van der Waals surface area contributed by atoms with Crippen molar-refractivity contribution < 1.29 is 4.79 Å². The smallest absolute Gasteiger partial charge is 0.271 e. The summed E-state index contributed by atoms with van der Waals surface area (Å²) in [5, 5.41) is 7.03. The number of aromatic nitrogens is 2. The molecule has 0 bridgehead atoms. The maximum absolute atomic E-state index is 12.1. The van der Waals surface area contributed by atoms with Gasteiger partial charge in [0.15, 0.2) is 0 Å². The lowest BCUT2D eigenvalue weighted by molar-refractivity contribution is 0.0897. The third-order valence-corrected chi connectivity index (χ3v) is 3.47. The number of rotatable bonds is 3. The van der Waals surface area contributed by atoms with Crippen molar-refractivity contribution in [3.63, 3.8) is 0 Å². The van der Waals surface area contributed by atoms with Crippen molar-refractivity contribution in [3.8, 4) is 0 Å². The standard InChI is InChI=1S/C12H21N5O/c1-3-17-6-4-5-9(8-17)15-12(18)11-10(13)7-14-16(11)2/h7,9H,3-6,8,13H2,1-2H3,(H,15,18). The van der Waals surface area contributed by atoms with Crippen LogP contribution in [0.15, 0.2) is 6.20 Å². The Morgan fingerprint density at radius 2 is 2.44 bits per heavy atom. The monoisotopic (exact) mass is 251 g/mol. The van der Waals surface area contributed by atoms with E-state index < -0.39 is 0 Å². The highest BCUT2D eigenvalue weighted by atomic mass is 16.2. The number of hydrogen-bond acceptors (Lipinski definition) is 4. The summed E-state index contributed by atoms with van der Waals surface area (Å²) in [6.45, 7) is 5.21. The van der Waals surface area contributed by atoms with Crippen molar-refractivity contribution in [2.24, 2.45) is 7.05 Å². The predicted octanol–water partition coefficient (Wildman–Crippen LogP) is 0.216. The van der Waals surface area contributed by atoms with Crippen LogP contribution in [-0.2, 0) is 7.05 Å². The first-order valence-corrected chi connectivity index (χ1v) is 6.42. The number of anilines is 1. The van der Waals surface area contributed by atoms with Crippen molar-refractivity contribution in [2.45, 2.75) is 25.8 Å². The van der Waals surface area contributed by atoms with Crippen molar-refractivity contribution in [3.05, 3.63) is 11.9 Å². The van der Waals surface area contributed by atoms with Gasteiger partial charge in [-0.05, 0) is 25.9 Å². The second kappa shape index (κ2) is 5.39. The Hall–Kier alpha value is -1.56. The number of nitrogens with one attached hydrogen (secondary N) is 1. The van der Waals surface area contributed by atoms with Gasteiger partial charge in [-0.3, -0.25) is 9.48 Å². The lowest BCUT2D eigenvalue weighted by Gasteiger charge is -2.32. The van der Waals surface area contributed by atoms with Gasteiger partial charge in [0.2, 0.25) is 0 Å². The highest BCUT2D eigenvalue weighted by Crippen LogP contribution is 2.13. The number of nitrogens with zero attached hydrogens (tertiary/aromatic N) is 3. The zero-order chi connectivity index (χ0) is 13.1. The van der Waals surface area contributed by atoms with Crippen LogP contribution in [0.25, 0.3) is 0 Å². The number of carbonyl (C=O) groups excluding carboxylic acids is 1. The number of nitrogen functional groups attached to an aromatic ring is 1. The summed E-state index contributed by atoms with van der Waals surface area (Å²) in [4.78, 5) is 14.5. The molecule has 6 heteroatoms. The molecule has 1 unspecified atom stereocenters. The molecule has 2 heterocycles. The first-order valence-electron chi connectivity index (χ1n) is 6.42. The molecule has 0 radical (unpaired) electrons. The molecular weight excluding hydrogens is 230 g/mol. The minimum absolute atomic E-state index is 0.129. The molecule has 0 saturated carbocycles. The number of amides is 1. The van der Waals surface area contributed by atoms with Crippen molar-refractivity contribution in [1.82, 2.24) is 20.0 Å².